The molecule has 15 heteroatoms. The van der Waals surface area contributed by atoms with E-state index in [9.17, 15) is 39.3 Å². The van der Waals surface area contributed by atoms with Crippen LogP contribution in [-0.2, 0) is 43.2 Å². The van der Waals surface area contributed by atoms with Crippen molar-refractivity contribution in [1.82, 2.24) is 30.9 Å². The molecule has 0 fully saturated rings. The van der Waals surface area contributed by atoms with Gasteiger partial charge in [-0.05, 0) is 42.2 Å². The number of fused-ring (bicyclic) bond motifs is 1. The van der Waals surface area contributed by atoms with E-state index in [1.807, 2.05) is 24.3 Å². The zero-order chi connectivity index (χ0) is 33.2. The van der Waals surface area contributed by atoms with Crippen LogP contribution in [0.4, 0.5) is 0 Å². The Labute approximate surface area is 262 Å². The molecular weight excluding hydrogens is 598 g/mol. The lowest BCUT2D eigenvalue weighted by molar-refractivity contribution is -0.143. The highest BCUT2D eigenvalue weighted by Crippen LogP contribution is 2.19. The Kier molecular flexibility index (Phi) is 11.1. The highest BCUT2D eigenvalue weighted by molar-refractivity contribution is 5.94. The molecule has 242 valence electrons. The summed E-state index contributed by atoms with van der Waals surface area (Å²) in [6, 6.07) is 8.05. The molecule has 0 spiro atoms. The number of carboxylic acid groups (broad SMARTS) is 2. The molecule has 0 radical (unpaired) electrons. The summed E-state index contributed by atoms with van der Waals surface area (Å²) in [5, 5.41) is 36.8. The predicted molar refractivity (Wildman–Crippen MR) is 164 cm³/mol. The first-order valence-corrected chi connectivity index (χ1v) is 14.4. The number of nitrogens with one attached hydrogen (secondary N) is 5. The maximum Gasteiger partial charge on any atom is 0.326 e. The number of carbonyl (C=O) groups is 5. The number of H-pyrrole nitrogens is 2. The Morgan fingerprint density at radius 1 is 0.804 bits per heavy atom. The molecule has 0 aliphatic carbocycles. The minimum Gasteiger partial charge on any atom is -0.508 e. The van der Waals surface area contributed by atoms with Crippen LogP contribution in [0.1, 0.15) is 29.7 Å². The monoisotopic (exact) mass is 633 g/mol. The second-order valence-electron chi connectivity index (χ2n) is 10.8. The Morgan fingerprint density at radius 3 is 2.15 bits per heavy atom. The number of carbonyl (C=O) groups excluding carboxylic acids is 3. The van der Waals surface area contributed by atoms with E-state index in [0.717, 1.165) is 16.5 Å². The van der Waals surface area contributed by atoms with Gasteiger partial charge < -0.3 is 47.0 Å². The van der Waals surface area contributed by atoms with Gasteiger partial charge in [-0.15, -0.1) is 0 Å². The molecule has 4 unspecified atom stereocenters. The number of rotatable bonds is 16. The number of benzene rings is 2. The number of amides is 3. The number of nitrogens with zero attached hydrogens (tertiary/aromatic N) is 1. The number of aromatic nitrogens is 3. The Morgan fingerprint density at radius 2 is 1.48 bits per heavy atom. The number of phenolic OH excluding ortho intramolecular Hbond substituents is 1. The van der Waals surface area contributed by atoms with Crippen LogP contribution in [0.15, 0.2) is 67.3 Å². The molecule has 3 amide bonds. The van der Waals surface area contributed by atoms with E-state index in [-0.39, 0.29) is 31.4 Å². The largest absolute Gasteiger partial charge is 0.508 e. The van der Waals surface area contributed by atoms with Crippen LogP contribution in [0.3, 0.4) is 0 Å². The Bertz CT molecular complexity index is 1670. The number of para-hydroxylation sites is 1. The van der Waals surface area contributed by atoms with Crippen molar-refractivity contribution in [1.29, 1.82) is 0 Å². The van der Waals surface area contributed by atoms with Crippen LogP contribution >= 0.6 is 0 Å². The summed E-state index contributed by atoms with van der Waals surface area (Å²) in [5.41, 5.74) is 8.90. The molecule has 15 nitrogen and oxygen atoms in total. The summed E-state index contributed by atoms with van der Waals surface area (Å²) in [6.07, 6.45) is 3.67. The van der Waals surface area contributed by atoms with Crippen molar-refractivity contribution in [3.8, 4) is 5.75 Å². The first kappa shape index (κ1) is 33.2. The fourth-order valence-corrected chi connectivity index (χ4v) is 4.88. The van der Waals surface area contributed by atoms with E-state index in [2.05, 4.69) is 30.9 Å². The number of hydrogen-bond donors (Lipinski definition) is 9. The first-order chi connectivity index (χ1) is 22.0. The highest BCUT2D eigenvalue weighted by atomic mass is 16.4. The third-order valence-electron chi connectivity index (χ3n) is 7.33. The molecule has 2 aromatic carbocycles. The number of aromatic amines is 2. The average Bonchev–Trinajstić information content (AvgIpc) is 3.69. The van der Waals surface area contributed by atoms with E-state index in [0.29, 0.717) is 11.3 Å². The van der Waals surface area contributed by atoms with Crippen molar-refractivity contribution in [2.45, 2.75) is 56.3 Å². The van der Waals surface area contributed by atoms with Crippen LogP contribution in [0.5, 0.6) is 5.75 Å². The van der Waals surface area contributed by atoms with Crippen LogP contribution in [0, 0.1) is 0 Å². The molecule has 4 atom stereocenters. The zero-order valence-corrected chi connectivity index (χ0v) is 24.6. The molecule has 4 rings (SSSR count). The zero-order valence-electron chi connectivity index (χ0n) is 24.6. The van der Waals surface area contributed by atoms with Crippen molar-refractivity contribution in [2.24, 2.45) is 5.73 Å². The van der Waals surface area contributed by atoms with E-state index < -0.39 is 60.2 Å². The number of aromatic hydroxyl groups is 1. The number of nitrogens with two attached hydrogens (primary N) is 1. The number of hydrogen-bond acceptors (Lipinski definition) is 8. The molecule has 10 N–H and O–H groups in total. The topological polar surface area (TPSA) is 253 Å². The molecule has 46 heavy (non-hydrogen) atoms. The second-order valence-corrected chi connectivity index (χ2v) is 10.8. The highest BCUT2D eigenvalue weighted by Gasteiger charge is 2.31. The van der Waals surface area contributed by atoms with Gasteiger partial charge in [-0.3, -0.25) is 19.2 Å². The normalized spacial score (nSPS) is 13.7. The summed E-state index contributed by atoms with van der Waals surface area (Å²) in [6.45, 7) is 0. The standard InChI is InChI=1S/C31H35N7O8/c32-22(12-18-14-34-23-4-2-1-3-21(18)23)28(42)37-25(13-19-15-33-16-35-19)30(44)36-24(9-10-27(40)41)29(43)38-26(31(45)46)11-17-5-7-20(39)8-6-17/h1-8,14-16,22,24-26,34,39H,9-13,32H2,(H,33,35)(H,36,44)(H,37,42)(H,38,43)(H,40,41)(H,45,46). The molecule has 0 aliphatic heterocycles. The third kappa shape index (κ3) is 9.15. The van der Waals surface area contributed by atoms with Crippen molar-refractivity contribution in [3.63, 3.8) is 0 Å². The molecular formula is C31H35N7O8. The van der Waals surface area contributed by atoms with Gasteiger partial charge in [-0.2, -0.15) is 0 Å². The van der Waals surface area contributed by atoms with Crippen LogP contribution in [0.25, 0.3) is 10.9 Å². The lowest BCUT2D eigenvalue weighted by atomic mass is 10.0. The smallest absolute Gasteiger partial charge is 0.326 e. The summed E-state index contributed by atoms with van der Waals surface area (Å²) in [4.78, 5) is 73.2. The van der Waals surface area contributed by atoms with Crippen LogP contribution in [0.2, 0.25) is 0 Å². The van der Waals surface area contributed by atoms with E-state index in [1.165, 1.54) is 36.8 Å². The quantitative estimate of drug-likeness (QED) is 0.0818. The third-order valence-corrected chi connectivity index (χ3v) is 7.33. The molecule has 4 aromatic rings. The minimum absolute atomic E-state index is 0.0215. The number of aliphatic carboxylic acids is 2. The van der Waals surface area contributed by atoms with Crippen molar-refractivity contribution in [2.75, 3.05) is 0 Å². The van der Waals surface area contributed by atoms with Gasteiger partial charge in [0.15, 0.2) is 0 Å². The fourth-order valence-electron chi connectivity index (χ4n) is 4.88. The van der Waals surface area contributed by atoms with E-state index >= 15 is 0 Å². The second kappa shape index (κ2) is 15.3. The van der Waals surface area contributed by atoms with Crippen LogP contribution in [-0.4, -0.2) is 84.1 Å². The van der Waals surface area contributed by atoms with Crippen LogP contribution < -0.4 is 21.7 Å². The summed E-state index contributed by atoms with van der Waals surface area (Å²) < 4.78 is 0. The Balaban J connectivity index is 1.48. The van der Waals surface area contributed by atoms with Gasteiger partial charge >= 0.3 is 11.9 Å². The maximum absolute atomic E-state index is 13.5. The SMILES string of the molecule is NC(Cc1c[nH]c2ccccc12)C(=O)NC(Cc1cnc[nH]1)C(=O)NC(CCC(=O)O)C(=O)NC(Cc1ccc(O)cc1)C(=O)O. The fraction of sp³-hybridized carbons (Fsp3) is 0.290. The lowest BCUT2D eigenvalue weighted by Gasteiger charge is -2.25. The molecule has 0 aliphatic rings. The van der Waals surface area contributed by atoms with Gasteiger partial charge in [0.05, 0.1) is 12.4 Å². The summed E-state index contributed by atoms with van der Waals surface area (Å²) in [7, 11) is 0. The van der Waals surface area contributed by atoms with Crippen molar-refractivity contribution < 1.29 is 39.3 Å². The minimum atomic E-state index is -1.45. The summed E-state index contributed by atoms with van der Waals surface area (Å²) >= 11 is 0. The maximum atomic E-state index is 13.5. The average molecular weight is 634 g/mol. The van der Waals surface area contributed by atoms with Crippen molar-refractivity contribution >= 4 is 40.6 Å². The van der Waals surface area contributed by atoms with Gasteiger partial charge in [0.2, 0.25) is 17.7 Å². The van der Waals surface area contributed by atoms with Gasteiger partial charge in [0.1, 0.15) is 23.9 Å². The van der Waals surface area contributed by atoms with E-state index in [4.69, 9.17) is 5.73 Å². The molecule has 2 aromatic heterocycles. The number of phenols is 1. The van der Waals surface area contributed by atoms with Gasteiger partial charge in [-0.25, -0.2) is 9.78 Å². The van der Waals surface area contributed by atoms with Gasteiger partial charge in [-0.1, -0.05) is 30.3 Å². The predicted octanol–water partition coefficient (Wildman–Crippen LogP) is 0.356. The number of carboxylic acids is 2. The number of imidazole rings is 1. The van der Waals surface area contributed by atoms with Crippen molar-refractivity contribution in [3.05, 3.63) is 84.1 Å². The molecule has 0 saturated heterocycles. The van der Waals surface area contributed by atoms with Gasteiger partial charge in [0, 0.05) is 48.3 Å². The summed E-state index contributed by atoms with van der Waals surface area (Å²) in [5.74, 6) is -5.01. The molecule has 2 heterocycles. The molecule has 0 saturated carbocycles. The lowest BCUT2D eigenvalue weighted by Crippen LogP contribution is -2.58. The van der Waals surface area contributed by atoms with Gasteiger partial charge in [0.25, 0.3) is 0 Å². The van der Waals surface area contributed by atoms with E-state index in [1.54, 1.807) is 6.20 Å². The first-order valence-electron chi connectivity index (χ1n) is 14.4. The Hall–Kier alpha value is -5.70. The molecule has 0 bridgehead atoms.